The molecule has 0 aliphatic carbocycles. The van der Waals surface area contributed by atoms with Crippen LogP contribution >= 0.6 is 0 Å². The highest BCUT2D eigenvalue weighted by atomic mass is 16.5. The van der Waals surface area contributed by atoms with Gasteiger partial charge in [-0.05, 0) is 57.5 Å². The number of fused-ring (bicyclic) bond motifs is 2. The Kier molecular flexibility index (Phi) is 5.75. The number of aliphatic hydroxyl groups is 1. The summed E-state index contributed by atoms with van der Waals surface area (Å²) in [5, 5.41) is 19.2. The number of anilines is 2. The monoisotopic (exact) mass is 437 g/mol. The van der Waals surface area contributed by atoms with Crippen molar-refractivity contribution in [2.45, 2.75) is 44.9 Å². The molecule has 8 heteroatoms. The lowest BCUT2D eigenvalue weighted by Gasteiger charge is -2.29. The van der Waals surface area contributed by atoms with Gasteiger partial charge in [0.05, 0.1) is 24.2 Å². The summed E-state index contributed by atoms with van der Waals surface area (Å²) in [6.07, 6.45) is -0.444. The Labute approximate surface area is 186 Å². The fourth-order valence-electron chi connectivity index (χ4n) is 4.56. The molecule has 4 N–H and O–H groups in total. The van der Waals surface area contributed by atoms with E-state index in [4.69, 9.17) is 4.74 Å². The van der Waals surface area contributed by atoms with Gasteiger partial charge in [0, 0.05) is 23.0 Å². The molecule has 2 heterocycles. The van der Waals surface area contributed by atoms with Gasteiger partial charge in [0.15, 0.2) is 0 Å². The number of benzene rings is 2. The molecule has 0 saturated carbocycles. The van der Waals surface area contributed by atoms with Crippen molar-refractivity contribution in [1.29, 1.82) is 0 Å². The number of hydrogen-bond acceptors (Lipinski definition) is 6. The summed E-state index contributed by atoms with van der Waals surface area (Å²) < 4.78 is 4.98. The first-order chi connectivity index (χ1) is 15.3. The summed E-state index contributed by atoms with van der Waals surface area (Å²) in [5.74, 6) is -1.82. The fourth-order valence-corrected chi connectivity index (χ4v) is 4.56. The van der Waals surface area contributed by atoms with E-state index in [1.54, 1.807) is 38.1 Å². The Morgan fingerprint density at radius 2 is 1.97 bits per heavy atom. The van der Waals surface area contributed by atoms with Crippen LogP contribution in [0.4, 0.5) is 11.4 Å². The van der Waals surface area contributed by atoms with Crippen molar-refractivity contribution >= 4 is 29.2 Å². The van der Waals surface area contributed by atoms with Crippen molar-refractivity contribution in [1.82, 2.24) is 5.32 Å². The van der Waals surface area contributed by atoms with Gasteiger partial charge in [-0.3, -0.25) is 14.9 Å². The molecule has 8 nitrogen and oxygen atoms in total. The summed E-state index contributed by atoms with van der Waals surface area (Å²) in [6, 6.07) is 11.6. The summed E-state index contributed by atoms with van der Waals surface area (Å²) in [4.78, 5) is 38.4. The highest BCUT2D eigenvalue weighted by molar-refractivity contribution is 6.10. The quantitative estimate of drug-likeness (QED) is 0.534. The zero-order valence-corrected chi connectivity index (χ0v) is 18.3. The molecule has 1 fully saturated rings. The van der Waals surface area contributed by atoms with Crippen LogP contribution in [0.25, 0.3) is 0 Å². The standard InChI is InChI=1S/C24H27N3O5/c1-4-32-22(30)15-6-8-16(9-7-15)25-21(29)18-12-20(14(3)28)27-24(18)17-11-13(2)5-10-19(17)26-23(24)31/h5-11,14,18,20,27-28H,4,12H2,1-3H3,(H,25,29)(H,26,31)/t14-,18-,20+,24+/m0/s1. The van der Waals surface area contributed by atoms with Crippen LogP contribution in [-0.4, -0.2) is 41.6 Å². The van der Waals surface area contributed by atoms with Crippen molar-refractivity contribution in [2.75, 3.05) is 17.2 Å². The van der Waals surface area contributed by atoms with Crippen LogP contribution in [-0.2, 0) is 19.9 Å². The van der Waals surface area contributed by atoms with Gasteiger partial charge in [-0.25, -0.2) is 4.79 Å². The number of nitrogens with one attached hydrogen (secondary N) is 3. The van der Waals surface area contributed by atoms with Gasteiger partial charge in [0.2, 0.25) is 11.8 Å². The van der Waals surface area contributed by atoms with E-state index in [0.29, 0.717) is 28.9 Å². The molecule has 4 atom stereocenters. The molecule has 0 radical (unpaired) electrons. The number of ether oxygens (including phenoxy) is 1. The van der Waals surface area contributed by atoms with E-state index < -0.39 is 29.6 Å². The zero-order valence-electron chi connectivity index (χ0n) is 18.3. The van der Waals surface area contributed by atoms with Crippen molar-refractivity contribution in [3.63, 3.8) is 0 Å². The summed E-state index contributed by atoms with van der Waals surface area (Å²) in [6.45, 7) is 5.58. The maximum Gasteiger partial charge on any atom is 0.338 e. The van der Waals surface area contributed by atoms with Crippen LogP contribution < -0.4 is 16.0 Å². The minimum atomic E-state index is -1.27. The first-order valence-electron chi connectivity index (χ1n) is 10.7. The topological polar surface area (TPSA) is 117 Å². The number of carbonyl (C=O) groups is 3. The van der Waals surface area contributed by atoms with E-state index in [1.807, 2.05) is 25.1 Å². The molecule has 0 unspecified atom stereocenters. The second kappa shape index (κ2) is 8.37. The van der Waals surface area contributed by atoms with E-state index in [1.165, 1.54) is 0 Å². The number of hydrogen-bond donors (Lipinski definition) is 4. The van der Waals surface area contributed by atoms with Gasteiger partial charge in [-0.15, -0.1) is 0 Å². The molecule has 2 amide bonds. The predicted octanol–water partition coefficient (Wildman–Crippen LogP) is 2.32. The van der Waals surface area contributed by atoms with Gasteiger partial charge in [-0.2, -0.15) is 0 Å². The second-order valence-electron chi connectivity index (χ2n) is 8.38. The smallest absolute Gasteiger partial charge is 0.338 e. The second-order valence-corrected chi connectivity index (χ2v) is 8.38. The third kappa shape index (κ3) is 3.65. The molecule has 2 aliphatic heterocycles. The Hall–Kier alpha value is -3.23. The molecule has 2 aliphatic rings. The fraction of sp³-hybridized carbons (Fsp3) is 0.375. The zero-order chi connectivity index (χ0) is 23.0. The summed E-state index contributed by atoms with van der Waals surface area (Å²) >= 11 is 0. The van der Waals surface area contributed by atoms with Gasteiger partial charge >= 0.3 is 5.97 Å². The summed E-state index contributed by atoms with van der Waals surface area (Å²) in [5.41, 5.74) is 1.96. The number of aliphatic hydroxyl groups excluding tert-OH is 1. The van der Waals surface area contributed by atoms with Crippen LogP contribution in [0.3, 0.4) is 0 Å². The van der Waals surface area contributed by atoms with Crippen molar-refractivity contribution in [2.24, 2.45) is 5.92 Å². The lowest BCUT2D eigenvalue weighted by Crippen LogP contribution is -2.53. The van der Waals surface area contributed by atoms with Crippen LogP contribution in [0.1, 0.15) is 41.8 Å². The van der Waals surface area contributed by atoms with Gasteiger partial charge < -0.3 is 20.5 Å². The van der Waals surface area contributed by atoms with Crippen LogP contribution in [0, 0.1) is 12.8 Å². The molecule has 2 aromatic carbocycles. The van der Waals surface area contributed by atoms with Crippen molar-refractivity contribution in [3.8, 4) is 0 Å². The van der Waals surface area contributed by atoms with E-state index in [2.05, 4.69) is 16.0 Å². The van der Waals surface area contributed by atoms with Gasteiger partial charge in [0.1, 0.15) is 5.54 Å². The highest BCUT2D eigenvalue weighted by Crippen LogP contribution is 2.48. The van der Waals surface area contributed by atoms with E-state index >= 15 is 0 Å². The highest BCUT2D eigenvalue weighted by Gasteiger charge is 2.60. The maximum atomic E-state index is 13.4. The van der Waals surface area contributed by atoms with Gasteiger partial charge in [-0.1, -0.05) is 17.7 Å². The molecule has 1 saturated heterocycles. The Balaban J connectivity index is 1.64. The number of esters is 1. The Morgan fingerprint density at radius 1 is 1.25 bits per heavy atom. The van der Waals surface area contributed by atoms with Crippen molar-refractivity contribution in [3.05, 3.63) is 59.2 Å². The van der Waals surface area contributed by atoms with E-state index in [9.17, 15) is 19.5 Å². The molecule has 168 valence electrons. The average Bonchev–Trinajstić information content (AvgIpc) is 3.29. The largest absolute Gasteiger partial charge is 0.462 e. The van der Waals surface area contributed by atoms with Crippen LogP contribution in [0.2, 0.25) is 0 Å². The first-order valence-corrected chi connectivity index (χ1v) is 10.7. The number of carbonyl (C=O) groups excluding carboxylic acids is 3. The Morgan fingerprint density at radius 3 is 2.62 bits per heavy atom. The van der Waals surface area contributed by atoms with Crippen molar-refractivity contribution < 1.29 is 24.2 Å². The SMILES string of the molecule is CCOC(=O)c1ccc(NC(=O)[C@@H]2C[C@H]([C@H](C)O)N[C@@]23C(=O)Nc2ccc(C)cc23)cc1. The normalized spacial score (nSPS) is 24.7. The maximum absolute atomic E-state index is 13.4. The first kappa shape index (κ1) is 22.0. The predicted molar refractivity (Wildman–Crippen MR) is 119 cm³/mol. The van der Waals surface area contributed by atoms with Gasteiger partial charge in [0.25, 0.3) is 0 Å². The molecule has 2 aromatic rings. The minimum Gasteiger partial charge on any atom is -0.462 e. The molecule has 1 spiro atoms. The summed E-state index contributed by atoms with van der Waals surface area (Å²) in [7, 11) is 0. The number of rotatable bonds is 5. The van der Waals surface area contributed by atoms with E-state index in [-0.39, 0.29) is 18.4 Å². The minimum absolute atomic E-state index is 0.279. The Bertz CT molecular complexity index is 1070. The molecule has 0 bridgehead atoms. The lowest BCUT2D eigenvalue weighted by atomic mass is 9.79. The number of aryl methyl sites for hydroxylation is 1. The van der Waals surface area contributed by atoms with E-state index in [0.717, 1.165) is 5.56 Å². The molecule has 0 aromatic heterocycles. The van der Waals surface area contributed by atoms with Crippen LogP contribution in [0.5, 0.6) is 0 Å². The molecule has 32 heavy (non-hydrogen) atoms. The molecular weight excluding hydrogens is 410 g/mol. The third-order valence-corrected chi connectivity index (χ3v) is 6.19. The average molecular weight is 437 g/mol. The number of amides is 2. The van der Waals surface area contributed by atoms with Crippen LogP contribution in [0.15, 0.2) is 42.5 Å². The lowest BCUT2D eigenvalue weighted by molar-refractivity contribution is -0.130. The molecular formula is C24H27N3O5. The molecule has 4 rings (SSSR count). The third-order valence-electron chi connectivity index (χ3n) is 6.19.